The predicted octanol–water partition coefficient (Wildman–Crippen LogP) is 3.01. The van der Waals surface area contributed by atoms with Crippen molar-refractivity contribution in [2.45, 2.75) is 39.5 Å². The van der Waals surface area contributed by atoms with Crippen molar-refractivity contribution in [3.63, 3.8) is 0 Å². The van der Waals surface area contributed by atoms with Crippen LogP contribution in [-0.4, -0.2) is 18.1 Å². The number of carbonyl (C=O) groups excluding carboxylic acids is 1. The Morgan fingerprint density at radius 2 is 2.25 bits per heavy atom. The first-order valence-electron chi connectivity index (χ1n) is 5.60. The second kappa shape index (κ2) is 5.99. The van der Waals surface area contributed by atoms with Gasteiger partial charge >= 0.3 is 5.97 Å². The number of aromatic nitrogens is 1. The van der Waals surface area contributed by atoms with Crippen molar-refractivity contribution in [1.29, 1.82) is 0 Å². The molecular formula is C12H19NO2S. The summed E-state index contributed by atoms with van der Waals surface area (Å²) in [7, 11) is 1.42. The Kier molecular flexibility index (Phi) is 4.93. The van der Waals surface area contributed by atoms with E-state index in [1.807, 2.05) is 12.3 Å². The molecule has 16 heavy (non-hydrogen) atoms. The van der Waals surface area contributed by atoms with E-state index in [0.717, 1.165) is 23.5 Å². The molecular weight excluding hydrogens is 222 g/mol. The first-order valence-corrected chi connectivity index (χ1v) is 6.48. The lowest BCUT2D eigenvalue weighted by atomic mass is 10.1. The Labute approximate surface area is 101 Å². The maximum Gasteiger partial charge on any atom is 0.315 e. The summed E-state index contributed by atoms with van der Waals surface area (Å²) in [5.74, 6) is 0.206. The molecule has 3 nitrogen and oxygen atoms in total. The van der Waals surface area contributed by atoms with Crippen LogP contribution in [0.2, 0.25) is 0 Å². The third-order valence-electron chi connectivity index (χ3n) is 2.38. The highest BCUT2D eigenvalue weighted by atomic mass is 32.1. The minimum absolute atomic E-state index is 0.187. The molecule has 0 bridgehead atoms. The van der Waals surface area contributed by atoms with Crippen molar-refractivity contribution in [2.24, 2.45) is 5.92 Å². The first-order chi connectivity index (χ1) is 7.58. The van der Waals surface area contributed by atoms with Gasteiger partial charge in [0.1, 0.15) is 10.9 Å². The number of esters is 1. The van der Waals surface area contributed by atoms with Gasteiger partial charge in [0.25, 0.3) is 0 Å². The minimum Gasteiger partial charge on any atom is -0.468 e. The molecule has 0 amide bonds. The van der Waals surface area contributed by atoms with Crippen LogP contribution in [0.1, 0.15) is 43.8 Å². The Morgan fingerprint density at radius 3 is 2.75 bits per heavy atom. The molecule has 0 saturated heterocycles. The van der Waals surface area contributed by atoms with Crippen LogP contribution >= 0.6 is 11.3 Å². The molecule has 0 aliphatic heterocycles. The van der Waals surface area contributed by atoms with Crippen molar-refractivity contribution >= 4 is 17.3 Å². The third-order valence-corrected chi connectivity index (χ3v) is 3.39. The van der Waals surface area contributed by atoms with Gasteiger partial charge in [0.05, 0.1) is 12.8 Å². The quantitative estimate of drug-likeness (QED) is 0.744. The van der Waals surface area contributed by atoms with E-state index in [1.165, 1.54) is 7.11 Å². The fraction of sp³-hybridized carbons (Fsp3) is 0.667. The lowest BCUT2D eigenvalue weighted by Gasteiger charge is -2.08. The molecule has 1 atom stereocenters. The standard InChI is InChI=1S/C12H19NO2S/c1-5-10(12(14)15-4)11-13-9(7-16-11)6-8(2)3/h7-8,10H,5-6H2,1-4H3. The Balaban J connectivity index is 2.78. The molecule has 0 saturated carbocycles. The number of carbonyl (C=O) groups is 1. The van der Waals surface area contributed by atoms with Crippen LogP contribution in [0.3, 0.4) is 0 Å². The summed E-state index contributed by atoms with van der Waals surface area (Å²) in [6.07, 6.45) is 1.70. The summed E-state index contributed by atoms with van der Waals surface area (Å²) in [6, 6.07) is 0. The molecule has 4 heteroatoms. The van der Waals surface area contributed by atoms with Gasteiger partial charge in [0, 0.05) is 5.38 Å². The van der Waals surface area contributed by atoms with Gasteiger partial charge in [0.15, 0.2) is 0 Å². The van der Waals surface area contributed by atoms with Crippen molar-refractivity contribution in [2.75, 3.05) is 7.11 Å². The monoisotopic (exact) mass is 241 g/mol. The topological polar surface area (TPSA) is 39.2 Å². The minimum atomic E-state index is -0.198. The summed E-state index contributed by atoms with van der Waals surface area (Å²) in [4.78, 5) is 16.0. The molecule has 0 fully saturated rings. The second-order valence-electron chi connectivity index (χ2n) is 4.26. The highest BCUT2D eigenvalue weighted by molar-refractivity contribution is 7.09. The summed E-state index contributed by atoms with van der Waals surface area (Å²) in [5.41, 5.74) is 1.08. The van der Waals surface area contributed by atoms with E-state index in [9.17, 15) is 4.79 Å². The molecule has 0 N–H and O–H groups in total. The molecule has 90 valence electrons. The van der Waals surface area contributed by atoms with Gasteiger partial charge in [0.2, 0.25) is 0 Å². The number of hydrogen-bond donors (Lipinski definition) is 0. The van der Waals surface area contributed by atoms with Crippen LogP contribution in [-0.2, 0) is 16.0 Å². The van der Waals surface area contributed by atoms with Gasteiger partial charge in [-0.1, -0.05) is 20.8 Å². The van der Waals surface area contributed by atoms with Crippen molar-refractivity contribution < 1.29 is 9.53 Å². The van der Waals surface area contributed by atoms with Gasteiger partial charge in [-0.15, -0.1) is 11.3 Å². The van der Waals surface area contributed by atoms with Crippen LogP contribution in [0.5, 0.6) is 0 Å². The molecule has 1 aromatic heterocycles. The van der Waals surface area contributed by atoms with Gasteiger partial charge in [-0.3, -0.25) is 4.79 Å². The largest absolute Gasteiger partial charge is 0.468 e. The molecule has 0 aliphatic rings. The fourth-order valence-electron chi connectivity index (χ4n) is 1.58. The SMILES string of the molecule is CCC(C(=O)OC)c1nc(CC(C)C)cs1. The molecule has 0 spiro atoms. The second-order valence-corrected chi connectivity index (χ2v) is 5.15. The van der Waals surface area contributed by atoms with E-state index in [1.54, 1.807) is 11.3 Å². The van der Waals surface area contributed by atoms with Crippen molar-refractivity contribution in [3.8, 4) is 0 Å². The first kappa shape index (κ1) is 13.2. The zero-order valence-electron chi connectivity index (χ0n) is 10.3. The van der Waals surface area contributed by atoms with E-state index in [-0.39, 0.29) is 11.9 Å². The summed E-state index contributed by atoms with van der Waals surface area (Å²) in [6.45, 7) is 6.30. The Hall–Kier alpha value is -0.900. The van der Waals surface area contributed by atoms with Gasteiger partial charge in [-0.25, -0.2) is 4.98 Å². The lowest BCUT2D eigenvalue weighted by molar-refractivity contribution is -0.142. The molecule has 1 rings (SSSR count). The summed E-state index contributed by atoms with van der Waals surface area (Å²) < 4.78 is 4.78. The molecule has 0 radical (unpaired) electrons. The average Bonchev–Trinajstić information content (AvgIpc) is 2.66. The zero-order chi connectivity index (χ0) is 12.1. The van der Waals surface area contributed by atoms with Gasteiger partial charge in [-0.05, 0) is 18.8 Å². The number of hydrogen-bond acceptors (Lipinski definition) is 4. The highest BCUT2D eigenvalue weighted by Gasteiger charge is 2.22. The maximum atomic E-state index is 11.5. The molecule has 0 aromatic carbocycles. The summed E-state index contributed by atoms with van der Waals surface area (Å²) in [5, 5.41) is 2.92. The zero-order valence-corrected chi connectivity index (χ0v) is 11.1. The number of methoxy groups -OCH3 is 1. The molecule has 1 heterocycles. The Bertz CT molecular complexity index is 347. The average molecular weight is 241 g/mol. The van der Waals surface area contributed by atoms with E-state index in [4.69, 9.17) is 4.74 Å². The molecule has 1 unspecified atom stereocenters. The predicted molar refractivity (Wildman–Crippen MR) is 65.7 cm³/mol. The van der Waals surface area contributed by atoms with Crippen LogP contribution in [0.25, 0.3) is 0 Å². The molecule has 1 aromatic rings. The van der Waals surface area contributed by atoms with E-state index >= 15 is 0 Å². The molecule has 0 aliphatic carbocycles. The lowest BCUT2D eigenvalue weighted by Crippen LogP contribution is -2.13. The van der Waals surface area contributed by atoms with Gasteiger partial charge in [-0.2, -0.15) is 0 Å². The van der Waals surface area contributed by atoms with E-state index in [2.05, 4.69) is 18.8 Å². The van der Waals surface area contributed by atoms with Crippen molar-refractivity contribution in [3.05, 3.63) is 16.1 Å². The van der Waals surface area contributed by atoms with Crippen LogP contribution in [0, 0.1) is 5.92 Å². The van der Waals surface area contributed by atoms with Crippen LogP contribution < -0.4 is 0 Å². The van der Waals surface area contributed by atoms with Gasteiger partial charge < -0.3 is 4.74 Å². The van der Waals surface area contributed by atoms with Crippen LogP contribution in [0.4, 0.5) is 0 Å². The van der Waals surface area contributed by atoms with Crippen molar-refractivity contribution in [1.82, 2.24) is 4.98 Å². The van der Waals surface area contributed by atoms with E-state index in [0.29, 0.717) is 5.92 Å². The highest BCUT2D eigenvalue weighted by Crippen LogP contribution is 2.25. The smallest absolute Gasteiger partial charge is 0.315 e. The number of nitrogens with zero attached hydrogens (tertiary/aromatic N) is 1. The Morgan fingerprint density at radius 1 is 1.56 bits per heavy atom. The van der Waals surface area contributed by atoms with Crippen LogP contribution in [0.15, 0.2) is 5.38 Å². The maximum absolute atomic E-state index is 11.5. The number of thiazole rings is 1. The van der Waals surface area contributed by atoms with E-state index < -0.39 is 0 Å². The third kappa shape index (κ3) is 3.30. The number of ether oxygens (including phenoxy) is 1. The normalized spacial score (nSPS) is 12.8. The summed E-state index contributed by atoms with van der Waals surface area (Å²) >= 11 is 1.56. The number of rotatable bonds is 5. The fourth-order valence-corrected chi connectivity index (χ4v) is 2.58.